The number of nitriles is 1. The molecular formula is C22H31N9O5S2. The molecule has 3 fully saturated rings. The Kier molecular flexibility index (Phi) is 7.07. The topological polar surface area (TPSA) is 189 Å². The number of nitrogens with one attached hydrogen (secondary N) is 2. The lowest BCUT2D eigenvalue weighted by atomic mass is 9.83. The van der Waals surface area contributed by atoms with Gasteiger partial charge in [-0.3, -0.25) is 5.10 Å². The summed E-state index contributed by atoms with van der Waals surface area (Å²) in [7, 11) is -5.53. The number of anilines is 3. The van der Waals surface area contributed by atoms with E-state index in [-0.39, 0.29) is 60.5 Å². The number of hydrogen-bond donors (Lipinski definition) is 3. The van der Waals surface area contributed by atoms with E-state index in [2.05, 4.69) is 31.6 Å². The van der Waals surface area contributed by atoms with Gasteiger partial charge in [-0.2, -0.15) is 32.4 Å². The normalized spacial score (nSPS) is 24.9. The summed E-state index contributed by atoms with van der Waals surface area (Å²) in [5.41, 5.74) is 0.483. The molecule has 3 N–H and O–H groups in total. The Hall–Kier alpha value is -2.84. The van der Waals surface area contributed by atoms with Crippen LogP contribution in [0.4, 0.5) is 17.6 Å². The summed E-state index contributed by atoms with van der Waals surface area (Å²) < 4.78 is 54.6. The van der Waals surface area contributed by atoms with Gasteiger partial charge in [0, 0.05) is 56.7 Å². The molecule has 5 heterocycles. The lowest BCUT2D eigenvalue weighted by Crippen LogP contribution is -2.64. The lowest BCUT2D eigenvalue weighted by molar-refractivity contribution is 0.0930. The quantitative estimate of drug-likeness (QED) is 0.375. The minimum absolute atomic E-state index is 0.103. The fourth-order valence-corrected chi connectivity index (χ4v) is 8.18. The maximum atomic E-state index is 13.4. The third-order valence-electron chi connectivity index (χ3n) is 7.50. The van der Waals surface area contributed by atoms with Gasteiger partial charge in [-0.25, -0.2) is 13.4 Å². The van der Waals surface area contributed by atoms with Crippen molar-refractivity contribution in [1.29, 1.82) is 5.26 Å². The molecule has 16 heteroatoms. The average Bonchev–Trinajstić information content (AvgIpc) is 3.28. The first kappa shape index (κ1) is 26.8. The zero-order chi connectivity index (χ0) is 27.2. The van der Waals surface area contributed by atoms with Gasteiger partial charge >= 0.3 is 0 Å². The Morgan fingerprint density at radius 2 is 1.84 bits per heavy atom. The van der Waals surface area contributed by atoms with Gasteiger partial charge in [-0.05, 0) is 25.7 Å². The molecule has 3 saturated heterocycles. The highest BCUT2D eigenvalue weighted by atomic mass is 32.2. The molecule has 206 valence electrons. The number of H-pyrrole nitrogens is 1. The Labute approximate surface area is 221 Å². The molecule has 2 bridgehead atoms. The number of hydrogen-bond acceptors (Lipinski definition) is 11. The third kappa shape index (κ3) is 5.08. The second-order valence-electron chi connectivity index (χ2n) is 10.2. The van der Waals surface area contributed by atoms with Gasteiger partial charge in [-0.15, -0.1) is 0 Å². The van der Waals surface area contributed by atoms with Gasteiger partial charge in [0.15, 0.2) is 20.7 Å². The number of piperidine rings is 2. The number of nitrogens with zero attached hydrogens (tertiary/aromatic N) is 7. The summed E-state index contributed by atoms with van der Waals surface area (Å²) in [5, 5.41) is 27.8. The summed E-state index contributed by atoms with van der Waals surface area (Å²) in [4.78, 5) is 10.7. The fourth-order valence-electron chi connectivity index (χ4n) is 5.47. The summed E-state index contributed by atoms with van der Waals surface area (Å²) in [5.74, 6) is 0.529. The molecule has 0 spiro atoms. The molecule has 0 unspecified atom stereocenters. The first-order chi connectivity index (χ1) is 18.0. The highest BCUT2D eigenvalue weighted by molar-refractivity contribution is 7.90. The number of fused-ring (bicyclic) bond motifs is 2. The number of rotatable bonds is 8. The average molecular weight is 566 g/mol. The number of aromatic amines is 1. The van der Waals surface area contributed by atoms with Crippen molar-refractivity contribution in [3.63, 3.8) is 0 Å². The summed E-state index contributed by atoms with van der Waals surface area (Å²) in [6.45, 7) is 0.236. The van der Waals surface area contributed by atoms with Gasteiger partial charge in [0.1, 0.15) is 5.82 Å². The largest absolute Gasteiger partial charge is 0.390 e. The van der Waals surface area contributed by atoms with Crippen LogP contribution in [0.15, 0.2) is 17.2 Å². The smallest absolute Gasteiger partial charge is 0.282 e. The van der Waals surface area contributed by atoms with Crippen LogP contribution in [0.25, 0.3) is 0 Å². The van der Waals surface area contributed by atoms with Crippen LogP contribution in [0.5, 0.6) is 0 Å². The Morgan fingerprint density at radius 1 is 1.16 bits per heavy atom. The van der Waals surface area contributed by atoms with Crippen molar-refractivity contribution in [2.45, 2.75) is 61.9 Å². The van der Waals surface area contributed by atoms with E-state index in [1.807, 2.05) is 4.90 Å². The van der Waals surface area contributed by atoms with Crippen LogP contribution in [0.1, 0.15) is 37.8 Å². The number of aliphatic hydroxyl groups is 1. The van der Waals surface area contributed by atoms with E-state index < -0.39 is 20.0 Å². The maximum Gasteiger partial charge on any atom is 0.282 e. The van der Waals surface area contributed by atoms with Crippen molar-refractivity contribution in [2.75, 3.05) is 36.6 Å². The van der Waals surface area contributed by atoms with E-state index in [9.17, 15) is 21.9 Å². The van der Waals surface area contributed by atoms with E-state index in [1.54, 1.807) is 17.4 Å². The molecule has 14 nitrogen and oxygen atoms in total. The van der Waals surface area contributed by atoms with Crippen LogP contribution in [0.2, 0.25) is 0 Å². The Morgan fingerprint density at radius 3 is 2.42 bits per heavy atom. The molecular weight excluding hydrogens is 534 g/mol. The summed E-state index contributed by atoms with van der Waals surface area (Å²) in [6, 6.07) is 4.54. The fraction of sp³-hybridized carbons (Fsp3) is 0.636. The van der Waals surface area contributed by atoms with E-state index >= 15 is 0 Å². The molecule has 3 aliphatic rings. The second kappa shape index (κ2) is 10.0. The molecule has 0 radical (unpaired) electrons. The van der Waals surface area contributed by atoms with E-state index in [0.29, 0.717) is 24.4 Å². The first-order valence-electron chi connectivity index (χ1n) is 12.4. The van der Waals surface area contributed by atoms with Crippen molar-refractivity contribution < 1.29 is 21.9 Å². The zero-order valence-electron chi connectivity index (χ0n) is 21.1. The third-order valence-corrected chi connectivity index (χ3v) is 10.5. The van der Waals surface area contributed by atoms with Gasteiger partial charge in [0.25, 0.3) is 10.2 Å². The number of aliphatic hydroxyl groups excluding tert-OH is 1. The number of sulfone groups is 1. The first-order valence-corrected chi connectivity index (χ1v) is 15.7. The standard InChI is InChI=1S/C22H31N9O5S2/c1-29(22-25-19(9-21(26-22)37(2,33)34)24-20-6-15(13-32)27-28-20)18-7-16-4-3-5-17(8-18)31(16)38(35,36)30-11-14(10-23)12-30/h6,9,14,16-18,32H,3-5,7-8,11-13H2,1-2H3,(H2,24,25,26,27,28)/t16-,17+,18-. The minimum Gasteiger partial charge on any atom is -0.390 e. The molecule has 5 rings (SSSR count). The molecule has 38 heavy (non-hydrogen) atoms. The summed E-state index contributed by atoms with van der Waals surface area (Å²) in [6.07, 6.45) is 4.58. The van der Waals surface area contributed by atoms with Crippen molar-refractivity contribution in [3.8, 4) is 6.07 Å². The van der Waals surface area contributed by atoms with E-state index in [1.165, 1.54) is 10.4 Å². The zero-order valence-corrected chi connectivity index (χ0v) is 22.8. The predicted octanol–water partition coefficient (Wildman–Crippen LogP) is 0.361. The van der Waals surface area contributed by atoms with Crippen LogP contribution >= 0.6 is 0 Å². The molecule has 0 aliphatic carbocycles. The molecule has 2 aromatic heterocycles. The van der Waals surface area contributed by atoms with Gasteiger partial charge < -0.3 is 15.3 Å². The van der Waals surface area contributed by atoms with Crippen LogP contribution in [0.3, 0.4) is 0 Å². The molecule has 0 amide bonds. The molecule has 0 saturated carbocycles. The molecule has 0 aromatic carbocycles. The predicted molar refractivity (Wildman–Crippen MR) is 137 cm³/mol. The van der Waals surface area contributed by atoms with Crippen molar-refractivity contribution in [2.24, 2.45) is 5.92 Å². The monoisotopic (exact) mass is 565 g/mol. The van der Waals surface area contributed by atoms with Crippen LogP contribution in [-0.2, 0) is 26.7 Å². The minimum atomic E-state index is -3.66. The van der Waals surface area contributed by atoms with Crippen molar-refractivity contribution in [1.82, 2.24) is 28.8 Å². The molecule has 3 atom stereocenters. The molecule has 3 aliphatic heterocycles. The van der Waals surface area contributed by atoms with E-state index in [4.69, 9.17) is 5.26 Å². The van der Waals surface area contributed by atoms with E-state index in [0.717, 1.165) is 25.5 Å². The second-order valence-corrected chi connectivity index (χ2v) is 14.0. The highest BCUT2D eigenvalue weighted by Crippen LogP contribution is 2.40. The van der Waals surface area contributed by atoms with Gasteiger partial charge in [-0.1, -0.05) is 6.42 Å². The Bertz CT molecular complexity index is 1440. The van der Waals surface area contributed by atoms with Crippen LogP contribution in [-0.4, -0.2) is 95.2 Å². The van der Waals surface area contributed by atoms with Gasteiger partial charge in [0.2, 0.25) is 5.95 Å². The van der Waals surface area contributed by atoms with Crippen LogP contribution < -0.4 is 10.2 Å². The maximum absolute atomic E-state index is 13.4. The SMILES string of the molecule is CN(c1nc(Nc2cc(CO)[nH]n2)cc(S(C)(=O)=O)n1)[C@@H]1C[C@H]2CCC[C@@H](C1)N2S(=O)(=O)N1CC(C#N)C1. The van der Waals surface area contributed by atoms with Gasteiger partial charge in [0.05, 0.1) is 24.3 Å². The number of aromatic nitrogens is 4. The Balaban J connectivity index is 1.39. The highest BCUT2D eigenvalue weighted by Gasteiger charge is 2.50. The van der Waals surface area contributed by atoms with Crippen LogP contribution in [0, 0.1) is 17.2 Å². The van der Waals surface area contributed by atoms with Crippen molar-refractivity contribution in [3.05, 3.63) is 17.8 Å². The lowest BCUT2D eigenvalue weighted by Gasteiger charge is -2.51. The van der Waals surface area contributed by atoms with Crippen molar-refractivity contribution >= 4 is 37.6 Å². The molecule has 2 aromatic rings. The summed E-state index contributed by atoms with van der Waals surface area (Å²) >= 11 is 0.